The molecule has 6 rings (SSSR count). The SMILES string of the molecule is COc1ccc2c3c(n(C)c2c1)[C@@H](CO)N(CC1CC1)CC31CCN(Cc2nccs2)CC1. The van der Waals surface area contributed by atoms with E-state index >= 15 is 0 Å². The number of methoxy groups -OCH3 is 1. The molecule has 3 aromatic rings. The summed E-state index contributed by atoms with van der Waals surface area (Å²) in [5, 5.41) is 15.2. The van der Waals surface area contributed by atoms with E-state index in [1.54, 1.807) is 18.4 Å². The first-order valence-corrected chi connectivity index (χ1v) is 13.1. The van der Waals surface area contributed by atoms with E-state index in [9.17, 15) is 5.11 Å². The maximum absolute atomic E-state index is 10.6. The highest BCUT2D eigenvalue weighted by Crippen LogP contribution is 2.51. The predicted octanol–water partition coefficient (Wildman–Crippen LogP) is 3.94. The number of nitrogens with zero attached hydrogens (tertiary/aromatic N) is 4. The number of aliphatic hydroxyl groups is 1. The number of hydrogen-bond acceptors (Lipinski definition) is 6. The van der Waals surface area contributed by atoms with Crippen LogP contribution in [0.5, 0.6) is 5.75 Å². The largest absolute Gasteiger partial charge is 0.497 e. The Balaban J connectivity index is 1.41. The van der Waals surface area contributed by atoms with Crippen LogP contribution in [-0.4, -0.2) is 64.4 Å². The van der Waals surface area contributed by atoms with Gasteiger partial charge in [0.05, 0.1) is 31.8 Å². The van der Waals surface area contributed by atoms with E-state index in [2.05, 4.69) is 50.0 Å². The fraction of sp³-hybridized carbons (Fsp3) is 0.577. The van der Waals surface area contributed by atoms with Gasteiger partial charge in [0.2, 0.25) is 0 Å². The normalized spacial score (nSPS) is 23.3. The lowest BCUT2D eigenvalue weighted by atomic mass is 9.68. The zero-order valence-corrected chi connectivity index (χ0v) is 20.5. The lowest BCUT2D eigenvalue weighted by Gasteiger charge is -2.50. The topological polar surface area (TPSA) is 53.8 Å². The van der Waals surface area contributed by atoms with Gasteiger partial charge in [-0.2, -0.15) is 0 Å². The average molecular weight is 467 g/mol. The lowest BCUT2D eigenvalue weighted by molar-refractivity contribution is 0.0424. The van der Waals surface area contributed by atoms with Gasteiger partial charge in [0.25, 0.3) is 0 Å². The van der Waals surface area contributed by atoms with E-state index in [0.717, 1.165) is 57.2 Å². The van der Waals surface area contributed by atoms with Crippen molar-refractivity contribution in [3.8, 4) is 5.75 Å². The number of hydrogen-bond donors (Lipinski definition) is 1. The number of benzene rings is 1. The number of rotatable bonds is 6. The van der Waals surface area contributed by atoms with Crippen molar-refractivity contribution in [3.63, 3.8) is 0 Å². The number of thiazole rings is 1. The van der Waals surface area contributed by atoms with Crippen molar-refractivity contribution >= 4 is 22.2 Å². The first kappa shape index (κ1) is 21.6. The first-order valence-electron chi connectivity index (χ1n) is 12.2. The van der Waals surface area contributed by atoms with Crippen molar-refractivity contribution in [1.82, 2.24) is 19.4 Å². The zero-order valence-electron chi connectivity index (χ0n) is 19.7. The van der Waals surface area contributed by atoms with Crippen LogP contribution in [0.2, 0.25) is 0 Å². The number of aromatic nitrogens is 2. The number of piperidine rings is 1. The van der Waals surface area contributed by atoms with Gasteiger partial charge in [0.15, 0.2) is 0 Å². The molecule has 1 spiro atoms. The minimum Gasteiger partial charge on any atom is -0.497 e. The summed E-state index contributed by atoms with van der Waals surface area (Å²) in [4.78, 5) is 9.70. The smallest absolute Gasteiger partial charge is 0.120 e. The van der Waals surface area contributed by atoms with Gasteiger partial charge < -0.3 is 14.4 Å². The van der Waals surface area contributed by atoms with Crippen molar-refractivity contribution < 1.29 is 9.84 Å². The number of aryl methyl sites for hydroxylation is 1. The molecule has 0 bridgehead atoms. The van der Waals surface area contributed by atoms with Gasteiger partial charge in [0.1, 0.15) is 10.8 Å². The van der Waals surface area contributed by atoms with Crippen molar-refractivity contribution in [2.45, 2.75) is 43.7 Å². The summed E-state index contributed by atoms with van der Waals surface area (Å²) in [6, 6.07) is 6.58. The van der Waals surface area contributed by atoms with Crippen LogP contribution < -0.4 is 4.74 Å². The van der Waals surface area contributed by atoms with Gasteiger partial charge in [-0.05, 0) is 62.4 Å². The van der Waals surface area contributed by atoms with Crippen molar-refractivity contribution in [2.75, 3.05) is 39.9 Å². The molecule has 1 aromatic carbocycles. The highest BCUT2D eigenvalue weighted by atomic mass is 32.1. The zero-order chi connectivity index (χ0) is 22.6. The average Bonchev–Trinajstić information content (AvgIpc) is 3.41. The lowest BCUT2D eigenvalue weighted by Crippen LogP contribution is -2.54. The number of ether oxygens (including phenoxy) is 1. The molecule has 176 valence electrons. The molecule has 6 nitrogen and oxygen atoms in total. The number of likely N-dealkylation sites (tertiary alicyclic amines) is 1. The summed E-state index contributed by atoms with van der Waals surface area (Å²) >= 11 is 1.75. The molecule has 2 aliphatic heterocycles. The van der Waals surface area contributed by atoms with E-state index in [0.29, 0.717) is 0 Å². The third kappa shape index (κ3) is 3.70. The molecule has 4 heterocycles. The molecule has 33 heavy (non-hydrogen) atoms. The summed E-state index contributed by atoms with van der Waals surface area (Å²) in [7, 11) is 3.91. The molecule has 0 radical (unpaired) electrons. The highest BCUT2D eigenvalue weighted by Gasteiger charge is 2.48. The van der Waals surface area contributed by atoms with E-state index < -0.39 is 0 Å². The summed E-state index contributed by atoms with van der Waals surface area (Å²) < 4.78 is 7.90. The van der Waals surface area contributed by atoms with Gasteiger partial charge in [-0.1, -0.05) is 0 Å². The maximum atomic E-state index is 10.6. The monoisotopic (exact) mass is 466 g/mol. The van der Waals surface area contributed by atoms with Crippen LogP contribution in [0.1, 0.15) is 48.0 Å². The Morgan fingerprint density at radius 2 is 2.06 bits per heavy atom. The molecule has 2 aromatic heterocycles. The van der Waals surface area contributed by atoms with Crippen LogP contribution in [-0.2, 0) is 19.0 Å². The van der Waals surface area contributed by atoms with E-state index in [1.165, 1.54) is 40.0 Å². The molecule has 0 unspecified atom stereocenters. The Kier molecular flexibility index (Phi) is 5.48. The van der Waals surface area contributed by atoms with Gasteiger partial charge in [0, 0.05) is 54.3 Å². The quantitative estimate of drug-likeness (QED) is 0.597. The Bertz CT molecular complexity index is 1130. The first-order chi connectivity index (χ1) is 16.1. The van der Waals surface area contributed by atoms with Crippen LogP contribution in [0.25, 0.3) is 10.9 Å². The van der Waals surface area contributed by atoms with Crippen molar-refractivity contribution in [1.29, 1.82) is 0 Å². The van der Waals surface area contributed by atoms with Crippen LogP contribution in [0.3, 0.4) is 0 Å². The van der Waals surface area contributed by atoms with Crippen LogP contribution in [0.15, 0.2) is 29.8 Å². The summed E-state index contributed by atoms with van der Waals surface area (Å²) in [5.41, 5.74) is 4.16. The fourth-order valence-electron chi connectivity index (χ4n) is 6.36. The molecule has 3 aliphatic rings. The molecular weight excluding hydrogens is 432 g/mol. The highest BCUT2D eigenvalue weighted by molar-refractivity contribution is 7.09. The van der Waals surface area contributed by atoms with Gasteiger partial charge >= 0.3 is 0 Å². The third-order valence-corrected chi connectivity index (χ3v) is 9.03. The minimum absolute atomic E-state index is 0.0722. The minimum atomic E-state index is 0.0722. The standard InChI is InChI=1S/C26H34N4O2S/c1-28-21-13-19(32-2)5-6-20(21)24-25(28)22(16-31)30(14-18-3-4-18)17-26(24)7-10-29(11-8-26)15-23-27-9-12-33-23/h5-6,9,12-13,18,22,31H,3-4,7-8,10-11,14-17H2,1-2H3/t22-/m1/s1. The number of fused-ring (bicyclic) bond motifs is 4. The van der Waals surface area contributed by atoms with Gasteiger partial charge in [-0.25, -0.2) is 4.98 Å². The Labute approximate surface area is 199 Å². The predicted molar refractivity (Wildman–Crippen MR) is 132 cm³/mol. The fourth-order valence-corrected chi connectivity index (χ4v) is 7.01. The van der Waals surface area contributed by atoms with E-state index in [1.807, 2.05) is 6.20 Å². The van der Waals surface area contributed by atoms with E-state index in [-0.39, 0.29) is 18.1 Å². The molecule has 1 aliphatic carbocycles. The van der Waals surface area contributed by atoms with Crippen molar-refractivity contribution in [2.24, 2.45) is 13.0 Å². The van der Waals surface area contributed by atoms with Crippen LogP contribution >= 0.6 is 11.3 Å². The molecule has 1 N–H and O–H groups in total. The molecule has 1 saturated carbocycles. The second-order valence-corrected chi connectivity index (χ2v) is 11.2. The van der Waals surface area contributed by atoms with E-state index in [4.69, 9.17) is 4.74 Å². The Morgan fingerprint density at radius 1 is 1.24 bits per heavy atom. The summed E-state index contributed by atoms with van der Waals surface area (Å²) in [6.45, 7) is 5.48. The summed E-state index contributed by atoms with van der Waals surface area (Å²) in [6.07, 6.45) is 6.88. The van der Waals surface area contributed by atoms with Crippen LogP contribution in [0.4, 0.5) is 0 Å². The molecule has 0 amide bonds. The molecule has 7 heteroatoms. The molecular formula is C26H34N4O2S. The van der Waals surface area contributed by atoms with Crippen LogP contribution in [0, 0.1) is 5.92 Å². The van der Waals surface area contributed by atoms with Gasteiger partial charge in [-0.15, -0.1) is 11.3 Å². The maximum Gasteiger partial charge on any atom is 0.120 e. The summed E-state index contributed by atoms with van der Waals surface area (Å²) in [5.74, 6) is 1.69. The second-order valence-electron chi connectivity index (χ2n) is 10.3. The molecule has 1 saturated heterocycles. The molecule has 1 atom stereocenters. The van der Waals surface area contributed by atoms with Crippen molar-refractivity contribution in [3.05, 3.63) is 46.0 Å². The Hall–Kier alpha value is -1.93. The Morgan fingerprint density at radius 3 is 2.73 bits per heavy atom. The van der Waals surface area contributed by atoms with Gasteiger partial charge in [-0.3, -0.25) is 9.80 Å². The third-order valence-electron chi connectivity index (χ3n) is 8.26. The number of aliphatic hydroxyl groups excluding tert-OH is 1. The second kappa shape index (κ2) is 8.38. The molecule has 2 fully saturated rings.